The summed E-state index contributed by atoms with van der Waals surface area (Å²) in [5.74, 6) is 1.40. The maximum atomic E-state index is 9.58. The van der Waals surface area contributed by atoms with Gasteiger partial charge in [0.1, 0.15) is 0 Å². The van der Waals surface area contributed by atoms with E-state index in [1.165, 1.54) is 12.8 Å². The highest BCUT2D eigenvalue weighted by Gasteiger charge is 2.39. The molecule has 1 aliphatic rings. The van der Waals surface area contributed by atoms with Crippen LogP contribution in [0.25, 0.3) is 0 Å². The van der Waals surface area contributed by atoms with E-state index >= 15 is 0 Å². The maximum absolute atomic E-state index is 9.58. The summed E-state index contributed by atoms with van der Waals surface area (Å²) in [6, 6.07) is 0.456. The third kappa shape index (κ3) is 2.48. The Morgan fingerprint density at radius 2 is 2.07 bits per heavy atom. The lowest BCUT2D eigenvalue weighted by atomic mass is 9.70. The lowest BCUT2D eigenvalue weighted by molar-refractivity contribution is 0.0508. The van der Waals surface area contributed by atoms with Gasteiger partial charge in [-0.2, -0.15) is 0 Å². The van der Waals surface area contributed by atoms with Crippen LogP contribution in [0.1, 0.15) is 47.0 Å². The Kier molecular flexibility index (Phi) is 3.96. The molecule has 0 heterocycles. The van der Waals surface area contributed by atoms with Gasteiger partial charge in [-0.1, -0.05) is 27.7 Å². The second-order valence-corrected chi connectivity index (χ2v) is 5.39. The van der Waals surface area contributed by atoms with Gasteiger partial charge < -0.3 is 10.4 Å². The Bertz CT molecular complexity index is 181. The largest absolute Gasteiger partial charge is 0.394 e. The standard InChI is InChI=1S/C12H25NO/c1-9(2)13-12(8-14)6-5-10(3)7-11(12)4/h9-11,13-14H,5-8H2,1-4H3. The topological polar surface area (TPSA) is 32.3 Å². The Morgan fingerprint density at radius 3 is 2.50 bits per heavy atom. The molecular formula is C12H25NO. The van der Waals surface area contributed by atoms with Gasteiger partial charge in [0, 0.05) is 11.6 Å². The van der Waals surface area contributed by atoms with Gasteiger partial charge in [-0.05, 0) is 31.1 Å². The SMILES string of the molecule is CC1CCC(CO)(NC(C)C)C(C)C1. The van der Waals surface area contributed by atoms with Crippen LogP contribution >= 0.6 is 0 Å². The molecule has 0 radical (unpaired) electrons. The molecule has 84 valence electrons. The summed E-state index contributed by atoms with van der Waals surface area (Å²) >= 11 is 0. The van der Waals surface area contributed by atoms with Crippen molar-refractivity contribution in [2.75, 3.05) is 6.61 Å². The molecule has 14 heavy (non-hydrogen) atoms. The third-order valence-corrected chi connectivity index (χ3v) is 3.64. The molecule has 1 fully saturated rings. The predicted octanol–water partition coefficient (Wildman–Crippen LogP) is 2.17. The molecule has 0 aliphatic heterocycles. The average Bonchev–Trinajstić information content (AvgIpc) is 2.10. The van der Waals surface area contributed by atoms with Crippen molar-refractivity contribution in [3.63, 3.8) is 0 Å². The molecule has 1 rings (SSSR count). The van der Waals surface area contributed by atoms with E-state index in [1.54, 1.807) is 0 Å². The Hall–Kier alpha value is -0.0800. The van der Waals surface area contributed by atoms with E-state index in [0.29, 0.717) is 12.0 Å². The highest BCUT2D eigenvalue weighted by atomic mass is 16.3. The van der Waals surface area contributed by atoms with Gasteiger partial charge in [-0.3, -0.25) is 0 Å². The summed E-state index contributed by atoms with van der Waals surface area (Å²) in [4.78, 5) is 0. The number of aliphatic hydroxyl groups is 1. The average molecular weight is 199 g/mol. The van der Waals surface area contributed by atoms with Crippen molar-refractivity contribution in [3.05, 3.63) is 0 Å². The van der Waals surface area contributed by atoms with Crippen molar-refractivity contribution in [1.82, 2.24) is 5.32 Å². The number of aliphatic hydroxyl groups excluding tert-OH is 1. The molecule has 3 unspecified atom stereocenters. The van der Waals surface area contributed by atoms with E-state index in [9.17, 15) is 5.11 Å². The number of hydrogen-bond donors (Lipinski definition) is 2. The zero-order valence-corrected chi connectivity index (χ0v) is 10.0. The van der Waals surface area contributed by atoms with Gasteiger partial charge in [0.15, 0.2) is 0 Å². The third-order valence-electron chi connectivity index (χ3n) is 3.64. The van der Waals surface area contributed by atoms with Crippen molar-refractivity contribution in [2.45, 2.75) is 58.5 Å². The smallest absolute Gasteiger partial charge is 0.0616 e. The van der Waals surface area contributed by atoms with Crippen molar-refractivity contribution >= 4 is 0 Å². The molecule has 0 saturated heterocycles. The Labute approximate surface area is 88.1 Å². The molecule has 0 aromatic rings. The van der Waals surface area contributed by atoms with Gasteiger partial charge in [0.05, 0.1) is 6.61 Å². The Morgan fingerprint density at radius 1 is 1.43 bits per heavy atom. The molecule has 2 heteroatoms. The van der Waals surface area contributed by atoms with E-state index in [0.717, 1.165) is 12.3 Å². The monoisotopic (exact) mass is 199 g/mol. The second-order valence-electron chi connectivity index (χ2n) is 5.39. The second kappa shape index (κ2) is 4.63. The molecule has 0 bridgehead atoms. The molecule has 3 atom stereocenters. The van der Waals surface area contributed by atoms with Crippen LogP contribution in [0.15, 0.2) is 0 Å². The zero-order chi connectivity index (χ0) is 10.8. The molecular weight excluding hydrogens is 174 g/mol. The van der Waals surface area contributed by atoms with Gasteiger partial charge in [0.25, 0.3) is 0 Å². The fourth-order valence-electron chi connectivity index (χ4n) is 2.77. The van der Waals surface area contributed by atoms with E-state index in [-0.39, 0.29) is 12.1 Å². The minimum atomic E-state index is -0.0132. The summed E-state index contributed by atoms with van der Waals surface area (Å²) in [6.07, 6.45) is 3.59. The normalized spacial score (nSPS) is 39.0. The molecule has 0 aromatic heterocycles. The van der Waals surface area contributed by atoms with Crippen molar-refractivity contribution in [2.24, 2.45) is 11.8 Å². The predicted molar refractivity (Wildman–Crippen MR) is 60.3 cm³/mol. The van der Waals surface area contributed by atoms with E-state index in [4.69, 9.17) is 0 Å². The summed E-state index contributed by atoms with van der Waals surface area (Å²) in [5.41, 5.74) is -0.0132. The summed E-state index contributed by atoms with van der Waals surface area (Å²) in [7, 11) is 0. The summed E-state index contributed by atoms with van der Waals surface area (Å²) < 4.78 is 0. The van der Waals surface area contributed by atoms with Crippen molar-refractivity contribution < 1.29 is 5.11 Å². The molecule has 0 amide bonds. The first-order valence-electron chi connectivity index (χ1n) is 5.88. The molecule has 0 spiro atoms. The molecule has 0 aromatic carbocycles. The van der Waals surface area contributed by atoms with Crippen LogP contribution in [0.3, 0.4) is 0 Å². The number of nitrogens with one attached hydrogen (secondary N) is 1. The molecule has 2 N–H and O–H groups in total. The van der Waals surface area contributed by atoms with Gasteiger partial charge in [-0.15, -0.1) is 0 Å². The minimum Gasteiger partial charge on any atom is -0.394 e. The van der Waals surface area contributed by atoms with Crippen LogP contribution in [-0.4, -0.2) is 23.3 Å². The van der Waals surface area contributed by atoms with Gasteiger partial charge in [0.2, 0.25) is 0 Å². The summed E-state index contributed by atoms with van der Waals surface area (Å²) in [6.45, 7) is 9.16. The van der Waals surface area contributed by atoms with Crippen LogP contribution in [0.5, 0.6) is 0 Å². The first-order valence-corrected chi connectivity index (χ1v) is 5.88. The fraction of sp³-hybridized carbons (Fsp3) is 1.00. The van der Waals surface area contributed by atoms with Crippen LogP contribution in [0.2, 0.25) is 0 Å². The zero-order valence-electron chi connectivity index (χ0n) is 10.0. The first-order chi connectivity index (χ1) is 6.50. The van der Waals surface area contributed by atoms with Gasteiger partial charge in [-0.25, -0.2) is 0 Å². The van der Waals surface area contributed by atoms with Crippen molar-refractivity contribution in [3.8, 4) is 0 Å². The highest BCUT2D eigenvalue weighted by Crippen LogP contribution is 2.36. The lowest BCUT2D eigenvalue weighted by Crippen LogP contribution is -2.58. The molecule has 1 saturated carbocycles. The quantitative estimate of drug-likeness (QED) is 0.730. The van der Waals surface area contributed by atoms with Crippen LogP contribution < -0.4 is 5.32 Å². The number of hydrogen-bond acceptors (Lipinski definition) is 2. The molecule has 2 nitrogen and oxygen atoms in total. The number of rotatable bonds is 3. The van der Waals surface area contributed by atoms with Crippen LogP contribution in [-0.2, 0) is 0 Å². The summed E-state index contributed by atoms with van der Waals surface area (Å²) in [5, 5.41) is 13.1. The van der Waals surface area contributed by atoms with E-state index in [1.807, 2.05) is 0 Å². The van der Waals surface area contributed by atoms with Gasteiger partial charge >= 0.3 is 0 Å². The van der Waals surface area contributed by atoms with E-state index in [2.05, 4.69) is 33.0 Å². The fourth-order valence-corrected chi connectivity index (χ4v) is 2.77. The Balaban J connectivity index is 2.67. The lowest BCUT2D eigenvalue weighted by Gasteiger charge is -2.45. The minimum absolute atomic E-state index is 0.0132. The van der Waals surface area contributed by atoms with Crippen molar-refractivity contribution in [1.29, 1.82) is 0 Å². The maximum Gasteiger partial charge on any atom is 0.0616 e. The van der Waals surface area contributed by atoms with E-state index < -0.39 is 0 Å². The highest BCUT2D eigenvalue weighted by molar-refractivity contribution is 4.97. The first kappa shape index (κ1) is 12.0. The van der Waals surface area contributed by atoms with Crippen LogP contribution in [0, 0.1) is 11.8 Å². The molecule has 1 aliphatic carbocycles. The van der Waals surface area contributed by atoms with Crippen LogP contribution in [0.4, 0.5) is 0 Å².